The van der Waals surface area contributed by atoms with Gasteiger partial charge in [-0.05, 0) is 63.1 Å². The first-order chi connectivity index (χ1) is 17.3. The van der Waals surface area contributed by atoms with Crippen LogP contribution in [-0.4, -0.2) is 88.0 Å². The summed E-state index contributed by atoms with van der Waals surface area (Å²) in [5, 5.41) is 14.3. The van der Waals surface area contributed by atoms with Gasteiger partial charge in [-0.2, -0.15) is 5.10 Å². The highest BCUT2D eigenvalue weighted by atomic mass is 19.1. The van der Waals surface area contributed by atoms with E-state index in [1.165, 1.54) is 21.7 Å². The normalized spacial score (nSPS) is 22.5. The largest absolute Gasteiger partial charge is 0.390 e. The van der Waals surface area contributed by atoms with E-state index in [0.29, 0.717) is 25.3 Å². The van der Waals surface area contributed by atoms with Gasteiger partial charge in [0.05, 0.1) is 12.6 Å². The van der Waals surface area contributed by atoms with Gasteiger partial charge in [-0.3, -0.25) is 14.3 Å². The van der Waals surface area contributed by atoms with Crippen LogP contribution in [0.5, 0.6) is 0 Å². The number of aliphatic hydroxyl groups is 1. The molecular weight excluding hydrogens is 461 g/mol. The standard InChI is InChI=1S/C27H36FN5O3/c1-18-6-5-9-22(19(18)2)30-12-14-31(15-13-30)25(35)17-33-23-8-4-3-7-20(23)26(29-33)27(36)32-11-10-24(34)21(28)16-32/h5-6,9,21,24,34H,3-4,7-8,10-17H2,1-2H3/t21-,24-/m0/s1. The number of hydrogen-bond donors (Lipinski definition) is 1. The van der Waals surface area contributed by atoms with Crippen molar-refractivity contribution >= 4 is 17.5 Å². The maximum atomic E-state index is 14.1. The summed E-state index contributed by atoms with van der Waals surface area (Å²) in [6, 6.07) is 6.34. The molecule has 3 aliphatic rings. The van der Waals surface area contributed by atoms with Crippen molar-refractivity contribution < 1.29 is 19.1 Å². The lowest BCUT2D eigenvalue weighted by Gasteiger charge is -2.37. The minimum Gasteiger partial charge on any atom is -0.390 e. The fraction of sp³-hybridized carbons (Fsp3) is 0.593. The first-order valence-electron chi connectivity index (χ1n) is 13.1. The SMILES string of the molecule is Cc1cccc(N2CCN(C(=O)Cn3nc(C(=O)N4CC[C@H](O)[C@@H](F)C4)c4c3CCCC4)CC2)c1C. The van der Waals surface area contributed by atoms with E-state index in [4.69, 9.17) is 0 Å². The average molecular weight is 498 g/mol. The quantitative estimate of drug-likeness (QED) is 0.701. The number of aromatic nitrogens is 2. The van der Waals surface area contributed by atoms with E-state index < -0.39 is 12.3 Å². The molecule has 3 heterocycles. The Morgan fingerprint density at radius 1 is 1.06 bits per heavy atom. The highest BCUT2D eigenvalue weighted by molar-refractivity contribution is 5.94. The number of likely N-dealkylation sites (tertiary alicyclic amines) is 1. The van der Waals surface area contributed by atoms with Crippen molar-refractivity contribution in [1.29, 1.82) is 0 Å². The minimum atomic E-state index is -1.44. The molecule has 0 unspecified atom stereocenters. The summed E-state index contributed by atoms with van der Waals surface area (Å²) in [5.41, 5.74) is 5.98. The van der Waals surface area contributed by atoms with Crippen LogP contribution in [0.2, 0.25) is 0 Å². The number of halogens is 1. The molecule has 1 aromatic carbocycles. The van der Waals surface area contributed by atoms with E-state index in [0.717, 1.165) is 50.0 Å². The van der Waals surface area contributed by atoms with Crippen molar-refractivity contribution in [1.82, 2.24) is 19.6 Å². The Balaban J connectivity index is 1.27. The lowest BCUT2D eigenvalue weighted by atomic mass is 9.95. The molecule has 2 saturated heterocycles. The van der Waals surface area contributed by atoms with E-state index in [1.54, 1.807) is 4.68 Å². The number of piperazine rings is 1. The summed E-state index contributed by atoms with van der Waals surface area (Å²) in [4.78, 5) is 32.2. The highest BCUT2D eigenvalue weighted by Gasteiger charge is 2.34. The zero-order chi connectivity index (χ0) is 25.4. The number of rotatable bonds is 4. The van der Waals surface area contributed by atoms with Crippen LogP contribution in [0.15, 0.2) is 18.2 Å². The number of benzene rings is 1. The molecular formula is C27H36FN5O3. The van der Waals surface area contributed by atoms with Gasteiger partial charge in [0.25, 0.3) is 5.91 Å². The third kappa shape index (κ3) is 4.73. The van der Waals surface area contributed by atoms with E-state index in [2.05, 4.69) is 42.0 Å². The predicted octanol–water partition coefficient (Wildman–Crippen LogP) is 2.27. The number of carbonyl (C=O) groups is 2. The van der Waals surface area contributed by atoms with Gasteiger partial charge in [-0.25, -0.2) is 4.39 Å². The molecule has 2 aromatic rings. The third-order valence-electron chi connectivity index (χ3n) is 8.09. The first kappa shape index (κ1) is 24.7. The van der Waals surface area contributed by atoms with Crippen LogP contribution >= 0.6 is 0 Å². The molecule has 1 aliphatic carbocycles. The zero-order valence-corrected chi connectivity index (χ0v) is 21.2. The number of anilines is 1. The molecule has 1 aromatic heterocycles. The molecule has 2 fully saturated rings. The van der Waals surface area contributed by atoms with Gasteiger partial charge in [0, 0.05) is 49.7 Å². The Hall–Kier alpha value is -2.94. The summed E-state index contributed by atoms with van der Waals surface area (Å²) in [7, 11) is 0. The van der Waals surface area contributed by atoms with Gasteiger partial charge >= 0.3 is 0 Å². The van der Waals surface area contributed by atoms with Gasteiger partial charge in [0.15, 0.2) is 5.69 Å². The molecule has 0 radical (unpaired) electrons. The van der Waals surface area contributed by atoms with Crippen LogP contribution in [-0.2, 0) is 24.2 Å². The van der Waals surface area contributed by atoms with Crippen molar-refractivity contribution in [2.24, 2.45) is 0 Å². The van der Waals surface area contributed by atoms with E-state index >= 15 is 0 Å². The smallest absolute Gasteiger partial charge is 0.274 e. The number of amides is 2. The Kier molecular flexibility index (Phi) is 7.01. The maximum Gasteiger partial charge on any atom is 0.274 e. The Morgan fingerprint density at radius 2 is 1.81 bits per heavy atom. The van der Waals surface area contributed by atoms with Gasteiger partial charge in [0.2, 0.25) is 5.91 Å². The topological polar surface area (TPSA) is 81.9 Å². The van der Waals surface area contributed by atoms with Gasteiger partial charge in [-0.15, -0.1) is 0 Å². The summed E-state index contributed by atoms with van der Waals surface area (Å²) in [6.45, 7) is 7.42. The van der Waals surface area contributed by atoms with E-state index in [1.807, 2.05) is 4.90 Å². The molecule has 9 heteroatoms. The summed E-state index contributed by atoms with van der Waals surface area (Å²) in [5.74, 6) is -0.286. The molecule has 0 spiro atoms. The number of fused-ring (bicyclic) bond motifs is 1. The number of aryl methyl sites for hydroxylation is 1. The van der Waals surface area contributed by atoms with Gasteiger partial charge in [-0.1, -0.05) is 12.1 Å². The zero-order valence-electron chi connectivity index (χ0n) is 21.2. The fourth-order valence-corrected chi connectivity index (χ4v) is 5.70. The van der Waals surface area contributed by atoms with Crippen molar-refractivity contribution in [2.45, 2.75) is 64.8 Å². The van der Waals surface area contributed by atoms with Crippen LogP contribution in [0.4, 0.5) is 10.1 Å². The van der Waals surface area contributed by atoms with E-state index in [9.17, 15) is 19.1 Å². The third-order valence-corrected chi connectivity index (χ3v) is 8.09. The fourth-order valence-electron chi connectivity index (χ4n) is 5.70. The Morgan fingerprint density at radius 3 is 2.56 bits per heavy atom. The Labute approximate surface area is 211 Å². The first-order valence-corrected chi connectivity index (χ1v) is 13.1. The number of aliphatic hydroxyl groups excluding tert-OH is 1. The second-order valence-electron chi connectivity index (χ2n) is 10.3. The van der Waals surface area contributed by atoms with E-state index in [-0.39, 0.29) is 31.3 Å². The second-order valence-corrected chi connectivity index (χ2v) is 10.3. The molecule has 0 saturated carbocycles. The average Bonchev–Trinajstić information content (AvgIpc) is 3.25. The summed E-state index contributed by atoms with van der Waals surface area (Å²) < 4.78 is 15.8. The van der Waals surface area contributed by atoms with Crippen LogP contribution in [0.3, 0.4) is 0 Å². The van der Waals surface area contributed by atoms with Gasteiger partial charge in [0.1, 0.15) is 12.7 Å². The second kappa shape index (κ2) is 10.2. The number of carbonyl (C=O) groups excluding carboxylic acids is 2. The van der Waals surface area contributed by atoms with Crippen molar-refractivity contribution in [3.8, 4) is 0 Å². The van der Waals surface area contributed by atoms with Crippen molar-refractivity contribution in [2.75, 3.05) is 44.2 Å². The molecule has 36 heavy (non-hydrogen) atoms. The number of piperidine rings is 1. The summed E-state index contributed by atoms with van der Waals surface area (Å²) in [6.07, 6.45) is 1.26. The molecule has 194 valence electrons. The van der Waals surface area contributed by atoms with Crippen molar-refractivity contribution in [3.63, 3.8) is 0 Å². The molecule has 5 rings (SSSR count). The van der Waals surface area contributed by atoms with Crippen LogP contribution < -0.4 is 4.90 Å². The monoisotopic (exact) mass is 497 g/mol. The molecule has 2 atom stereocenters. The molecule has 2 amide bonds. The lowest BCUT2D eigenvalue weighted by molar-refractivity contribution is -0.132. The van der Waals surface area contributed by atoms with Crippen LogP contribution in [0.25, 0.3) is 0 Å². The molecule has 2 aliphatic heterocycles. The highest BCUT2D eigenvalue weighted by Crippen LogP contribution is 2.28. The minimum absolute atomic E-state index is 0.00963. The summed E-state index contributed by atoms with van der Waals surface area (Å²) >= 11 is 0. The maximum absolute atomic E-state index is 14.1. The number of hydrogen-bond acceptors (Lipinski definition) is 5. The van der Waals surface area contributed by atoms with Crippen LogP contribution in [0, 0.1) is 13.8 Å². The number of alkyl halides is 1. The van der Waals surface area contributed by atoms with Crippen LogP contribution in [0.1, 0.15) is 52.1 Å². The predicted molar refractivity (Wildman–Crippen MR) is 135 cm³/mol. The molecule has 8 nitrogen and oxygen atoms in total. The van der Waals surface area contributed by atoms with Gasteiger partial charge < -0.3 is 19.8 Å². The lowest BCUT2D eigenvalue weighted by Crippen LogP contribution is -2.50. The molecule has 0 bridgehead atoms. The number of nitrogens with zero attached hydrogens (tertiary/aromatic N) is 5. The Bertz CT molecular complexity index is 1140. The van der Waals surface area contributed by atoms with Crippen molar-refractivity contribution in [3.05, 3.63) is 46.3 Å². The molecule has 1 N–H and O–H groups in total.